The molecule has 1 aromatic carbocycles. The third kappa shape index (κ3) is 2.94. The van der Waals surface area contributed by atoms with E-state index in [2.05, 4.69) is 0 Å². The summed E-state index contributed by atoms with van der Waals surface area (Å²) in [4.78, 5) is 0. The molecule has 0 amide bonds. The molecule has 0 saturated heterocycles. The maximum absolute atomic E-state index is 12.8. The van der Waals surface area contributed by atoms with E-state index in [1.165, 1.54) is 18.2 Å². The molecule has 0 N–H and O–H groups in total. The Bertz CT molecular complexity index is 339. The van der Waals surface area contributed by atoms with E-state index in [9.17, 15) is 17.6 Å². The average Bonchev–Trinajstić information content (AvgIpc) is 2.00. The molecule has 0 fully saturated rings. The number of rotatable bonds is 2. The lowest BCUT2D eigenvalue weighted by Gasteiger charge is -2.27. The van der Waals surface area contributed by atoms with Crippen molar-refractivity contribution in [1.29, 1.82) is 0 Å². The van der Waals surface area contributed by atoms with Gasteiger partial charge in [0.25, 0.3) is 0 Å². The van der Waals surface area contributed by atoms with Crippen molar-refractivity contribution in [3.63, 3.8) is 0 Å². The van der Waals surface area contributed by atoms with Gasteiger partial charge < -0.3 is 0 Å². The Labute approximate surface area is 85.9 Å². The van der Waals surface area contributed by atoms with Crippen LogP contribution in [0, 0.1) is 11.2 Å². The summed E-state index contributed by atoms with van der Waals surface area (Å²) in [6, 6.07) is 5.26. The van der Waals surface area contributed by atoms with Crippen molar-refractivity contribution >= 4 is 0 Å². The fraction of sp³-hybridized carbons (Fsp3) is 0.455. The molecule has 0 aliphatic rings. The van der Waals surface area contributed by atoms with Crippen LogP contribution in [0.2, 0.25) is 0 Å². The van der Waals surface area contributed by atoms with E-state index < -0.39 is 17.4 Å². The first-order chi connectivity index (χ1) is 6.72. The van der Waals surface area contributed by atoms with Gasteiger partial charge >= 0.3 is 6.18 Å². The second-order valence-corrected chi connectivity index (χ2v) is 4.19. The van der Waals surface area contributed by atoms with Gasteiger partial charge in [0.15, 0.2) is 0 Å². The van der Waals surface area contributed by atoms with Gasteiger partial charge in [-0.05, 0) is 24.1 Å². The van der Waals surface area contributed by atoms with Gasteiger partial charge in [0.1, 0.15) is 5.82 Å². The van der Waals surface area contributed by atoms with Crippen LogP contribution in [0.3, 0.4) is 0 Å². The van der Waals surface area contributed by atoms with E-state index in [1.807, 2.05) is 0 Å². The highest BCUT2D eigenvalue weighted by Crippen LogP contribution is 2.40. The Morgan fingerprint density at radius 3 is 2.20 bits per heavy atom. The number of hydrogen-bond acceptors (Lipinski definition) is 0. The van der Waals surface area contributed by atoms with Crippen LogP contribution >= 0.6 is 0 Å². The molecular weight excluding hydrogens is 208 g/mol. The minimum Gasteiger partial charge on any atom is -0.207 e. The monoisotopic (exact) mass is 220 g/mol. The van der Waals surface area contributed by atoms with E-state index in [1.54, 1.807) is 0 Å². The lowest BCUT2D eigenvalue weighted by molar-refractivity contribution is -0.211. The fourth-order valence-electron chi connectivity index (χ4n) is 1.26. The van der Waals surface area contributed by atoms with E-state index >= 15 is 0 Å². The molecule has 0 unspecified atom stereocenters. The van der Waals surface area contributed by atoms with E-state index in [4.69, 9.17) is 0 Å². The lowest BCUT2D eigenvalue weighted by atomic mass is 9.85. The highest BCUT2D eigenvalue weighted by Gasteiger charge is 2.46. The number of halogens is 4. The predicted octanol–water partition coefficient (Wildman–Crippen LogP) is 3.96. The van der Waals surface area contributed by atoms with Gasteiger partial charge in [-0.25, -0.2) is 4.39 Å². The molecule has 15 heavy (non-hydrogen) atoms. The molecule has 0 aromatic heterocycles. The molecule has 0 aliphatic heterocycles. The molecule has 0 spiro atoms. The van der Waals surface area contributed by atoms with Crippen LogP contribution < -0.4 is 0 Å². The maximum Gasteiger partial charge on any atom is 0.394 e. The first-order valence-corrected chi connectivity index (χ1v) is 4.53. The summed E-state index contributed by atoms with van der Waals surface area (Å²) in [6.45, 7) is 2.22. The lowest BCUT2D eigenvalue weighted by Crippen LogP contribution is -2.34. The molecule has 0 heterocycles. The molecule has 0 nitrogen and oxygen atoms in total. The molecule has 1 aromatic rings. The first kappa shape index (κ1) is 12.0. The Hall–Kier alpha value is -1.06. The largest absolute Gasteiger partial charge is 0.394 e. The number of hydrogen-bond donors (Lipinski definition) is 0. The zero-order chi connectivity index (χ0) is 11.7. The second kappa shape index (κ2) is 3.83. The Morgan fingerprint density at radius 1 is 1.13 bits per heavy atom. The molecule has 0 radical (unpaired) electrons. The molecule has 0 atom stereocenters. The van der Waals surface area contributed by atoms with Crippen molar-refractivity contribution < 1.29 is 17.6 Å². The number of alkyl halides is 3. The number of benzene rings is 1. The summed E-state index contributed by atoms with van der Waals surface area (Å²) >= 11 is 0. The second-order valence-electron chi connectivity index (χ2n) is 4.19. The Morgan fingerprint density at radius 2 is 1.73 bits per heavy atom. The highest BCUT2D eigenvalue weighted by molar-refractivity contribution is 5.18. The van der Waals surface area contributed by atoms with Crippen molar-refractivity contribution in [1.82, 2.24) is 0 Å². The summed E-state index contributed by atoms with van der Waals surface area (Å²) in [6.07, 6.45) is -4.49. The first-order valence-electron chi connectivity index (χ1n) is 4.53. The van der Waals surface area contributed by atoms with Gasteiger partial charge in [-0.2, -0.15) is 13.2 Å². The van der Waals surface area contributed by atoms with Crippen LogP contribution in [0.15, 0.2) is 24.3 Å². The van der Waals surface area contributed by atoms with E-state index in [0.717, 1.165) is 19.9 Å². The van der Waals surface area contributed by atoms with Crippen LogP contribution in [-0.2, 0) is 6.42 Å². The third-order valence-corrected chi connectivity index (χ3v) is 2.30. The van der Waals surface area contributed by atoms with Crippen LogP contribution in [-0.4, -0.2) is 6.18 Å². The third-order valence-electron chi connectivity index (χ3n) is 2.30. The van der Waals surface area contributed by atoms with Crippen molar-refractivity contribution in [3.05, 3.63) is 35.6 Å². The average molecular weight is 220 g/mol. The zero-order valence-corrected chi connectivity index (χ0v) is 8.53. The van der Waals surface area contributed by atoms with Gasteiger partial charge in [-0.15, -0.1) is 0 Å². The summed E-state index contributed by atoms with van der Waals surface area (Å²) in [5.74, 6) is -0.509. The SMILES string of the molecule is CC(C)(Cc1cccc(F)c1)C(F)(F)F. The molecule has 84 valence electrons. The Kier molecular flexibility index (Phi) is 3.07. The smallest absolute Gasteiger partial charge is 0.207 e. The fourth-order valence-corrected chi connectivity index (χ4v) is 1.26. The summed E-state index contributed by atoms with van der Waals surface area (Å²) in [5.41, 5.74) is -1.47. The van der Waals surface area contributed by atoms with Gasteiger partial charge in [-0.3, -0.25) is 0 Å². The van der Waals surface area contributed by atoms with Crippen molar-refractivity contribution in [2.45, 2.75) is 26.4 Å². The topological polar surface area (TPSA) is 0 Å². The minimum absolute atomic E-state index is 0.214. The Balaban J connectivity index is 2.87. The molecule has 0 bridgehead atoms. The van der Waals surface area contributed by atoms with Crippen LogP contribution in [0.25, 0.3) is 0 Å². The highest BCUT2D eigenvalue weighted by atomic mass is 19.4. The van der Waals surface area contributed by atoms with E-state index in [0.29, 0.717) is 5.56 Å². The normalized spacial score (nSPS) is 12.9. The van der Waals surface area contributed by atoms with Crippen molar-refractivity contribution in [2.24, 2.45) is 5.41 Å². The molecule has 0 saturated carbocycles. The van der Waals surface area contributed by atoms with E-state index in [-0.39, 0.29) is 6.42 Å². The van der Waals surface area contributed by atoms with Gasteiger partial charge in [0, 0.05) is 0 Å². The van der Waals surface area contributed by atoms with Gasteiger partial charge in [0.05, 0.1) is 5.41 Å². The van der Waals surface area contributed by atoms with Crippen LogP contribution in [0.1, 0.15) is 19.4 Å². The standard InChI is InChI=1S/C11H12F4/c1-10(2,11(13,14)15)7-8-4-3-5-9(12)6-8/h3-6H,7H2,1-2H3. The summed E-state index contributed by atoms with van der Waals surface area (Å²) in [5, 5.41) is 0. The van der Waals surface area contributed by atoms with Crippen LogP contribution in [0.5, 0.6) is 0 Å². The quantitative estimate of drug-likeness (QED) is 0.662. The van der Waals surface area contributed by atoms with Gasteiger partial charge in [-0.1, -0.05) is 26.0 Å². The van der Waals surface area contributed by atoms with Crippen LogP contribution in [0.4, 0.5) is 17.6 Å². The molecule has 0 aliphatic carbocycles. The summed E-state index contributed by atoms with van der Waals surface area (Å²) in [7, 11) is 0. The molecule has 4 heteroatoms. The van der Waals surface area contributed by atoms with Crippen molar-refractivity contribution in [2.75, 3.05) is 0 Å². The van der Waals surface area contributed by atoms with Gasteiger partial charge in [0.2, 0.25) is 0 Å². The summed E-state index contributed by atoms with van der Waals surface area (Å²) < 4.78 is 50.3. The molecule has 1 rings (SSSR count). The van der Waals surface area contributed by atoms with Crippen molar-refractivity contribution in [3.8, 4) is 0 Å². The molecular formula is C11H12F4. The predicted molar refractivity (Wildman–Crippen MR) is 49.9 cm³/mol. The zero-order valence-electron chi connectivity index (χ0n) is 8.53. The maximum atomic E-state index is 12.8. The minimum atomic E-state index is -4.28.